The van der Waals surface area contributed by atoms with Gasteiger partial charge in [-0.1, -0.05) is 11.2 Å². The summed E-state index contributed by atoms with van der Waals surface area (Å²) < 4.78 is 83.7. The van der Waals surface area contributed by atoms with Gasteiger partial charge in [-0.15, -0.1) is 0 Å². The van der Waals surface area contributed by atoms with Gasteiger partial charge in [-0.25, -0.2) is 4.85 Å². The Morgan fingerprint density at radius 3 is 2.47 bits per heavy atom. The zero-order valence-electron chi connectivity index (χ0n) is 14.9. The molecule has 156 valence electrons. The van der Waals surface area contributed by atoms with Crippen molar-refractivity contribution >= 4 is 11.4 Å². The quantitative estimate of drug-likeness (QED) is 0.410. The van der Waals surface area contributed by atoms with Crippen LogP contribution in [-0.2, 0) is 12.7 Å². The normalized spacial score (nSPS) is 11.9. The molecule has 3 rings (SSSR count). The highest BCUT2D eigenvalue weighted by Crippen LogP contribution is 2.39. The maximum absolute atomic E-state index is 13.2. The van der Waals surface area contributed by atoms with Gasteiger partial charge in [-0.3, -0.25) is 4.98 Å². The van der Waals surface area contributed by atoms with Gasteiger partial charge in [0.25, 0.3) is 0 Å². The third-order valence-corrected chi connectivity index (χ3v) is 3.86. The number of halogens is 6. The van der Waals surface area contributed by atoms with Crippen molar-refractivity contribution in [1.29, 1.82) is 0 Å². The Morgan fingerprint density at radius 2 is 1.87 bits per heavy atom. The van der Waals surface area contributed by atoms with E-state index in [9.17, 15) is 26.3 Å². The molecule has 0 spiro atoms. The molecule has 6 nitrogen and oxygen atoms in total. The molecule has 0 aliphatic rings. The van der Waals surface area contributed by atoms with Crippen molar-refractivity contribution in [3.63, 3.8) is 0 Å². The molecule has 12 heteroatoms. The number of alkyl halides is 6. The van der Waals surface area contributed by atoms with Crippen LogP contribution in [0.1, 0.15) is 11.5 Å². The van der Waals surface area contributed by atoms with Gasteiger partial charge < -0.3 is 9.42 Å². The fourth-order valence-corrected chi connectivity index (χ4v) is 2.59. The van der Waals surface area contributed by atoms with E-state index < -0.39 is 42.4 Å². The van der Waals surface area contributed by atoms with Crippen molar-refractivity contribution in [2.75, 3.05) is 11.4 Å². The van der Waals surface area contributed by atoms with Gasteiger partial charge in [0.1, 0.15) is 6.54 Å². The minimum atomic E-state index is -4.90. The molecule has 0 saturated carbocycles. The van der Waals surface area contributed by atoms with E-state index in [1.165, 1.54) is 12.4 Å². The maximum Gasteiger partial charge on any atom is 0.407 e. The van der Waals surface area contributed by atoms with Crippen LogP contribution in [0.25, 0.3) is 16.2 Å². The van der Waals surface area contributed by atoms with Crippen molar-refractivity contribution in [3.8, 4) is 11.4 Å². The number of nitrogens with zero attached hydrogens (tertiary/aromatic N) is 5. The Labute approximate surface area is 165 Å². The summed E-state index contributed by atoms with van der Waals surface area (Å²) in [6, 6.07) is 5.53. The Balaban J connectivity index is 1.95. The molecule has 3 aromatic rings. The van der Waals surface area contributed by atoms with E-state index in [0.29, 0.717) is 16.5 Å². The number of rotatable bonds is 5. The van der Waals surface area contributed by atoms with Crippen LogP contribution in [0, 0.1) is 6.57 Å². The molecule has 0 unspecified atom stereocenters. The molecule has 1 aromatic carbocycles. The lowest BCUT2D eigenvalue weighted by Crippen LogP contribution is -2.34. The van der Waals surface area contributed by atoms with Crippen molar-refractivity contribution in [2.45, 2.75) is 18.9 Å². The molecule has 0 fully saturated rings. The molecule has 0 aliphatic heterocycles. The van der Waals surface area contributed by atoms with Crippen LogP contribution in [-0.4, -0.2) is 27.8 Å². The zero-order chi connectivity index (χ0) is 21.9. The van der Waals surface area contributed by atoms with Crippen LogP contribution in [0.4, 0.5) is 37.7 Å². The van der Waals surface area contributed by atoms with Gasteiger partial charge in [-0.2, -0.15) is 31.3 Å². The topological polar surface area (TPSA) is 59.4 Å². The molecule has 0 saturated heterocycles. The third kappa shape index (κ3) is 5.05. The molecule has 0 N–H and O–H groups in total. The average molecular weight is 427 g/mol. The summed E-state index contributed by atoms with van der Waals surface area (Å²) in [6.07, 6.45) is -6.71. The van der Waals surface area contributed by atoms with Gasteiger partial charge in [0.15, 0.2) is 5.69 Å². The van der Waals surface area contributed by atoms with Crippen LogP contribution in [0.3, 0.4) is 0 Å². The summed E-state index contributed by atoms with van der Waals surface area (Å²) >= 11 is 0. The van der Waals surface area contributed by atoms with Crippen LogP contribution in [0.2, 0.25) is 0 Å². The second-order valence-electron chi connectivity index (χ2n) is 6.04. The van der Waals surface area contributed by atoms with Gasteiger partial charge in [0, 0.05) is 23.6 Å². The summed E-state index contributed by atoms with van der Waals surface area (Å²) in [5.41, 5.74) is -1.98. The summed E-state index contributed by atoms with van der Waals surface area (Å²) in [5, 5.41) is 3.66. The van der Waals surface area contributed by atoms with E-state index in [2.05, 4.69) is 20.0 Å². The van der Waals surface area contributed by atoms with Gasteiger partial charge in [0.2, 0.25) is 11.7 Å². The first kappa shape index (κ1) is 21.1. The van der Waals surface area contributed by atoms with Crippen molar-refractivity contribution in [2.24, 2.45) is 0 Å². The fraction of sp³-hybridized carbons (Fsp3) is 0.222. The van der Waals surface area contributed by atoms with E-state index in [-0.39, 0.29) is 11.7 Å². The number of benzene rings is 1. The average Bonchev–Trinajstić information content (AvgIpc) is 3.14. The minimum Gasteiger partial charge on any atom is -0.353 e. The van der Waals surface area contributed by atoms with E-state index in [0.717, 1.165) is 12.1 Å². The smallest absolute Gasteiger partial charge is 0.353 e. The predicted molar refractivity (Wildman–Crippen MR) is 92.3 cm³/mol. The second kappa shape index (κ2) is 8.02. The number of hydrogen-bond donors (Lipinski definition) is 0. The molecule has 0 atom stereocenters. The number of hydrogen-bond acceptors (Lipinski definition) is 5. The van der Waals surface area contributed by atoms with E-state index in [4.69, 9.17) is 11.1 Å². The fourth-order valence-electron chi connectivity index (χ4n) is 2.59. The lowest BCUT2D eigenvalue weighted by atomic mass is 10.1. The summed E-state index contributed by atoms with van der Waals surface area (Å²) in [5.74, 6) is -0.162. The first-order valence-electron chi connectivity index (χ1n) is 8.20. The van der Waals surface area contributed by atoms with E-state index >= 15 is 0 Å². The third-order valence-electron chi connectivity index (χ3n) is 3.86. The van der Waals surface area contributed by atoms with Gasteiger partial charge >= 0.3 is 12.4 Å². The standard InChI is InChI=1S/C18H11F6N5O/c1-25-14-5-4-12(7-13(14)18(22,23)24)29(10-17(19,20)21)9-15-27-16(28-30-15)11-3-2-6-26-8-11/h2-8H,9-10H2. The van der Waals surface area contributed by atoms with Crippen molar-refractivity contribution in [1.82, 2.24) is 15.1 Å². The first-order chi connectivity index (χ1) is 14.1. The largest absolute Gasteiger partial charge is 0.407 e. The Kier molecular flexibility index (Phi) is 5.64. The first-order valence-corrected chi connectivity index (χ1v) is 8.20. The SMILES string of the molecule is [C-]#[N+]c1ccc(N(Cc2nc(-c3cccnc3)no2)CC(F)(F)F)cc1C(F)(F)F. The highest BCUT2D eigenvalue weighted by molar-refractivity contribution is 5.62. The minimum absolute atomic E-state index is 0.0735. The molecular weight excluding hydrogens is 416 g/mol. The number of aromatic nitrogens is 3. The molecular formula is C18H11F6N5O. The van der Waals surface area contributed by atoms with Crippen molar-refractivity contribution < 1.29 is 30.9 Å². The van der Waals surface area contributed by atoms with Crippen LogP contribution >= 0.6 is 0 Å². The van der Waals surface area contributed by atoms with E-state index in [1.807, 2.05) is 0 Å². The molecule has 0 bridgehead atoms. The summed E-state index contributed by atoms with van der Waals surface area (Å²) in [7, 11) is 0. The Hall–Kier alpha value is -3.62. The lowest BCUT2D eigenvalue weighted by Gasteiger charge is -2.25. The number of pyridine rings is 1. The Bertz CT molecular complexity index is 1060. The molecule has 0 aliphatic carbocycles. The van der Waals surface area contributed by atoms with Gasteiger partial charge in [-0.05, 0) is 24.3 Å². The van der Waals surface area contributed by atoms with Crippen LogP contribution < -0.4 is 4.90 Å². The number of anilines is 1. The van der Waals surface area contributed by atoms with E-state index in [1.54, 1.807) is 12.1 Å². The molecule has 2 aromatic heterocycles. The Morgan fingerprint density at radius 1 is 1.10 bits per heavy atom. The molecule has 2 heterocycles. The zero-order valence-corrected chi connectivity index (χ0v) is 14.9. The summed E-state index contributed by atoms with van der Waals surface area (Å²) in [6.45, 7) is 4.68. The van der Waals surface area contributed by atoms with Gasteiger partial charge in [0.05, 0.1) is 18.7 Å². The summed E-state index contributed by atoms with van der Waals surface area (Å²) in [4.78, 5) is 11.2. The second-order valence-corrected chi connectivity index (χ2v) is 6.04. The lowest BCUT2D eigenvalue weighted by molar-refractivity contribution is -0.136. The molecule has 30 heavy (non-hydrogen) atoms. The van der Waals surface area contributed by atoms with Crippen LogP contribution in [0.15, 0.2) is 47.2 Å². The molecule has 0 amide bonds. The monoisotopic (exact) mass is 427 g/mol. The highest BCUT2D eigenvalue weighted by atomic mass is 19.4. The predicted octanol–water partition coefficient (Wildman–Crippen LogP) is 5.27. The molecule has 0 radical (unpaired) electrons. The van der Waals surface area contributed by atoms with Crippen LogP contribution in [0.5, 0.6) is 0 Å². The van der Waals surface area contributed by atoms with Crippen molar-refractivity contribution in [3.05, 3.63) is 65.6 Å². The highest BCUT2D eigenvalue weighted by Gasteiger charge is 2.36. The maximum atomic E-state index is 13.2.